The normalized spacial score (nSPS) is 12.6. The lowest BCUT2D eigenvalue weighted by molar-refractivity contribution is 0.0474. The van der Waals surface area contributed by atoms with E-state index in [1.165, 1.54) is 0 Å². The molecule has 2 aromatic rings. The molecule has 0 aromatic heterocycles. The summed E-state index contributed by atoms with van der Waals surface area (Å²) in [6.07, 6.45) is 0. The molecule has 124 valence electrons. The fourth-order valence-corrected chi connectivity index (χ4v) is 2.53. The molecule has 0 radical (unpaired) electrons. The zero-order chi connectivity index (χ0) is 17.1. The first-order valence-corrected chi connectivity index (χ1v) is 8.20. The molecule has 0 saturated heterocycles. The van der Waals surface area contributed by atoms with Gasteiger partial charge in [0, 0.05) is 10.0 Å². The van der Waals surface area contributed by atoms with E-state index >= 15 is 0 Å². The number of carbonyl (C=O) groups excluding carboxylic acids is 2. The minimum absolute atomic E-state index is 0.297. The third kappa shape index (κ3) is 3.59. The molecule has 24 heavy (non-hydrogen) atoms. The third-order valence-electron chi connectivity index (χ3n) is 3.59. The van der Waals surface area contributed by atoms with Crippen molar-refractivity contribution < 1.29 is 23.8 Å². The second-order valence-corrected chi connectivity index (χ2v) is 6.18. The number of Topliss-reactive ketones (excluding diaryl/α,β-unsaturated/α-hetero) is 1. The third-order valence-corrected chi connectivity index (χ3v) is 4.48. The molecule has 0 N–H and O–H groups in total. The highest BCUT2D eigenvalue weighted by Crippen LogP contribution is 2.30. The van der Waals surface area contributed by atoms with Crippen molar-refractivity contribution in [2.24, 2.45) is 0 Å². The molecule has 0 fully saturated rings. The summed E-state index contributed by atoms with van der Waals surface area (Å²) in [6.45, 7) is 2.49. The lowest BCUT2D eigenvalue weighted by atomic mass is 10.1. The largest absolute Gasteiger partial charge is 0.486 e. The number of hydrogen-bond acceptors (Lipinski definition) is 5. The quantitative estimate of drug-likeness (QED) is 0.589. The van der Waals surface area contributed by atoms with E-state index in [1.807, 2.05) is 6.92 Å². The average molecular weight is 391 g/mol. The van der Waals surface area contributed by atoms with Crippen LogP contribution in [0.25, 0.3) is 0 Å². The van der Waals surface area contributed by atoms with E-state index in [1.54, 1.807) is 36.4 Å². The van der Waals surface area contributed by atoms with Crippen LogP contribution in [0.2, 0.25) is 0 Å². The van der Waals surface area contributed by atoms with E-state index in [0.29, 0.717) is 35.8 Å². The highest BCUT2D eigenvalue weighted by atomic mass is 79.9. The average Bonchev–Trinajstić information content (AvgIpc) is 2.61. The Morgan fingerprint density at radius 3 is 2.50 bits per heavy atom. The van der Waals surface area contributed by atoms with Gasteiger partial charge in [-0.05, 0) is 48.9 Å². The molecule has 0 atom stereocenters. The smallest absolute Gasteiger partial charge is 0.338 e. The lowest BCUT2D eigenvalue weighted by Crippen LogP contribution is -2.17. The van der Waals surface area contributed by atoms with Gasteiger partial charge in [-0.1, -0.05) is 15.9 Å². The molecule has 3 rings (SSSR count). The summed E-state index contributed by atoms with van der Waals surface area (Å²) in [4.78, 5) is 24.2. The van der Waals surface area contributed by atoms with Gasteiger partial charge in [-0.3, -0.25) is 4.79 Å². The number of hydrogen-bond donors (Lipinski definition) is 0. The fourth-order valence-electron chi connectivity index (χ4n) is 2.29. The molecule has 0 bridgehead atoms. The van der Waals surface area contributed by atoms with Gasteiger partial charge in [0.15, 0.2) is 23.9 Å². The first-order chi connectivity index (χ1) is 11.5. The number of rotatable bonds is 4. The number of carbonyl (C=O) groups is 2. The minimum atomic E-state index is -0.531. The second-order valence-electron chi connectivity index (χ2n) is 5.32. The Kier molecular flexibility index (Phi) is 4.85. The summed E-state index contributed by atoms with van der Waals surface area (Å²) in [5, 5.41) is 0. The maximum atomic E-state index is 12.2. The van der Waals surface area contributed by atoms with Crippen LogP contribution in [0.1, 0.15) is 26.3 Å². The van der Waals surface area contributed by atoms with Crippen molar-refractivity contribution in [1.82, 2.24) is 0 Å². The van der Waals surface area contributed by atoms with E-state index in [0.717, 1.165) is 10.0 Å². The molecule has 0 aliphatic carbocycles. The summed E-state index contributed by atoms with van der Waals surface area (Å²) in [7, 11) is 0. The van der Waals surface area contributed by atoms with Gasteiger partial charge in [0.25, 0.3) is 0 Å². The maximum absolute atomic E-state index is 12.2. The first-order valence-electron chi connectivity index (χ1n) is 7.41. The highest BCUT2D eigenvalue weighted by Gasteiger charge is 2.17. The van der Waals surface area contributed by atoms with Crippen molar-refractivity contribution in [3.05, 3.63) is 57.6 Å². The molecule has 0 spiro atoms. The monoisotopic (exact) mass is 390 g/mol. The van der Waals surface area contributed by atoms with Crippen LogP contribution in [-0.2, 0) is 4.74 Å². The number of aryl methyl sites for hydroxylation is 1. The zero-order valence-electron chi connectivity index (χ0n) is 13.0. The van der Waals surface area contributed by atoms with Crippen LogP contribution in [0, 0.1) is 6.92 Å². The minimum Gasteiger partial charge on any atom is -0.486 e. The molecule has 5 nitrogen and oxygen atoms in total. The molecule has 0 amide bonds. The van der Waals surface area contributed by atoms with Crippen LogP contribution in [0.3, 0.4) is 0 Å². The number of esters is 1. The lowest BCUT2D eigenvalue weighted by Gasteiger charge is -2.18. The summed E-state index contributed by atoms with van der Waals surface area (Å²) in [6, 6.07) is 10.0. The zero-order valence-corrected chi connectivity index (χ0v) is 14.6. The van der Waals surface area contributed by atoms with Crippen molar-refractivity contribution in [3.8, 4) is 11.5 Å². The Morgan fingerprint density at radius 2 is 1.75 bits per heavy atom. The topological polar surface area (TPSA) is 61.8 Å². The summed E-state index contributed by atoms with van der Waals surface area (Å²) >= 11 is 3.37. The van der Waals surface area contributed by atoms with Crippen LogP contribution in [-0.4, -0.2) is 31.6 Å². The van der Waals surface area contributed by atoms with Gasteiger partial charge in [0.1, 0.15) is 13.2 Å². The van der Waals surface area contributed by atoms with E-state index in [-0.39, 0.29) is 12.4 Å². The van der Waals surface area contributed by atoms with Gasteiger partial charge in [-0.2, -0.15) is 0 Å². The molecule has 1 aliphatic heterocycles. The highest BCUT2D eigenvalue weighted by molar-refractivity contribution is 9.10. The van der Waals surface area contributed by atoms with Crippen molar-refractivity contribution in [2.45, 2.75) is 6.92 Å². The molecule has 6 heteroatoms. The predicted molar refractivity (Wildman–Crippen MR) is 90.9 cm³/mol. The van der Waals surface area contributed by atoms with Crippen LogP contribution >= 0.6 is 15.9 Å². The van der Waals surface area contributed by atoms with Gasteiger partial charge in [0.05, 0.1) is 5.56 Å². The van der Waals surface area contributed by atoms with Crippen molar-refractivity contribution in [3.63, 3.8) is 0 Å². The van der Waals surface area contributed by atoms with Crippen molar-refractivity contribution in [2.75, 3.05) is 19.8 Å². The summed E-state index contributed by atoms with van der Waals surface area (Å²) < 4.78 is 16.9. The van der Waals surface area contributed by atoms with Gasteiger partial charge in [-0.15, -0.1) is 0 Å². The standard InChI is InChI=1S/C18H15BrO5/c1-11-8-13(2-4-14(11)19)18(21)24-10-15(20)12-3-5-16-17(9-12)23-7-6-22-16/h2-5,8-9H,6-7,10H2,1H3. The van der Waals surface area contributed by atoms with E-state index in [4.69, 9.17) is 14.2 Å². The summed E-state index contributed by atoms with van der Waals surface area (Å²) in [5.74, 6) is 0.313. The Morgan fingerprint density at radius 1 is 1.04 bits per heavy atom. The van der Waals surface area contributed by atoms with E-state index in [9.17, 15) is 9.59 Å². The van der Waals surface area contributed by atoms with Gasteiger partial charge in [-0.25, -0.2) is 4.79 Å². The number of fused-ring (bicyclic) bond motifs is 1. The van der Waals surface area contributed by atoms with Crippen LogP contribution in [0.5, 0.6) is 11.5 Å². The van der Waals surface area contributed by atoms with Crippen LogP contribution in [0.15, 0.2) is 40.9 Å². The molecule has 1 heterocycles. The number of ether oxygens (including phenoxy) is 3. The van der Waals surface area contributed by atoms with Gasteiger partial charge >= 0.3 is 5.97 Å². The number of ketones is 1. The molecule has 2 aromatic carbocycles. The van der Waals surface area contributed by atoms with E-state index in [2.05, 4.69) is 15.9 Å². The Balaban J connectivity index is 1.64. The van der Waals surface area contributed by atoms with Crippen LogP contribution in [0.4, 0.5) is 0 Å². The Labute approximate surface area is 147 Å². The Hall–Kier alpha value is -2.34. The fraction of sp³-hybridized carbons (Fsp3) is 0.222. The summed E-state index contributed by atoms with van der Waals surface area (Å²) in [5.41, 5.74) is 1.74. The maximum Gasteiger partial charge on any atom is 0.338 e. The van der Waals surface area contributed by atoms with Crippen molar-refractivity contribution in [1.29, 1.82) is 0 Å². The second kappa shape index (κ2) is 7.05. The van der Waals surface area contributed by atoms with Gasteiger partial charge in [0.2, 0.25) is 0 Å². The SMILES string of the molecule is Cc1cc(C(=O)OCC(=O)c2ccc3c(c2)OCCO3)ccc1Br. The number of benzene rings is 2. The molecule has 0 saturated carbocycles. The number of halogens is 1. The van der Waals surface area contributed by atoms with E-state index < -0.39 is 5.97 Å². The van der Waals surface area contributed by atoms with Crippen LogP contribution < -0.4 is 9.47 Å². The molecular formula is C18H15BrO5. The molecule has 0 unspecified atom stereocenters. The first kappa shape index (κ1) is 16.5. The molecular weight excluding hydrogens is 376 g/mol. The predicted octanol–water partition coefficient (Wildman–Crippen LogP) is 3.57. The van der Waals surface area contributed by atoms with Crippen molar-refractivity contribution >= 4 is 27.7 Å². The molecule has 1 aliphatic rings. The van der Waals surface area contributed by atoms with Gasteiger partial charge < -0.3 is 14.2 Å². The Bertz CT molecular complexity index is 800.